The van der Waals surface area contributed by atoms with Crippen LogP contribution in [0, 0.1) is 6.92 Å². The number of nitrogens with one attached hydrogen (secondary N) is 2. The molecule has 3 rings (SSSR count). The van der Waals surface area contributed by atoms with Gasteiger partial charge in [0.05, 0.1) is 12.2 Å². The highest BCUT2D eigenvalue weighted by Crippen LogP contribution is 2.21. The van der Waals surface area contributed by atoms with Crippen LogP contribution in [0.2, 0.25) is 0 Å². The summed E-state index contributed by atoms with van der Waals surface area (Å²) in [5, 5.41) is 5.35. The van der Waals surface area contributed by atoms with Crippen LogP contribution in [0.1, 0.15) is 31.2 Å². The lowest BCUT2D eigenvalue weighted by Gasteiger charge is -2.14. The van der Waals surface area contributed by atoms with E-state index in [4.69, 9.17) is 18.9 Å². The van der Waals surface area contributed by atoms with Crippen LogP contribution in [-0.4, -0.2) is 50.8 Å². The van der Waals surface area contributed by atoms with Crippen molar-refractivity contribution in [1.82, 2.24) is 0 Å². The van der Waals surface area contributed by atoms with Gasteiger partial charge in [-0.1, -0.05) is 6.07 Å². The smallest absolute Gasteiger partial charge is 0.411 e. The highest BCUT2D eigenvalue weighted by molar-refractivity contribution is 5.89. The summed E-state index contributed by atoms with van der Waals surface area (Å²) in [7, 11) is 0. The quantitative estimate of drug-likeness (QED) is 0.787. The minimum absolute atomic E-state index is 0.0235. The zero-order valence-corrected chi connectivity index (χ0v) is 15.5. The minimum atomic E-state index is -0.554. The molecule has 0 bridgehead atoms. The van der Waals surface area contributed by atoms with Gasteiger partial charge in [-0.05, 0) is 50.3 Å². The Balaban J connectivity index is 1.47. The molecule has 1 aromatic carbocycles. The van der Waals surface area contributed by atoms with Gasteiger partial charge in [0.2, 0.25) is 0 Å². The van der Waals surface area contributed by atoms with Crippen LogP contribution in [0.25, 0.3) is 0 Å². The zero-order valence-electron chi connectivity index (χ0n) is 15.5. The van der Waals surface area contributed by atoms with E-state index in [-0.39, 0.29) is 25.4 Å². The van der Waals surface area contributed by atoms with E-state index in [9.17, 15) is 9.59 Å². The fraction of sp³-hybridized carbons (Fsp3) is 0.579. The number of amides is 2. The van der Waals surface area contributed by atoms with Gasteiger partial charge in [-0.3, -0.25) is 10.6 Å². The van der Waals surface area contributed by atoms with Crippen LogP contribution in [0.3, 0.4) is 0 Å². The van der Waals surface area contributed by atoms with Gasteiger partial charge in [-0.25, -0.2) is 9.59 Å². The Hall–Kier alpha value is -2.32. The third-order valence-electron chi connectivity index (χ3n) is 4.57. The van der Waals surface area contributed by atoms with E-state index in [1.165, 1.54) is 0 Å². The van der Waals surface area contributed by atoms with Gasteiger partial charge in [0.25, 0.3) is 0 Å². The molecule has 2 N–H and O–H groups in total. The van der Waals surface area contributed by atoms with E-state index in [1.807, 2.05) is 6.92 Å². The summed E-state index contributed by atoms with van der Waals surface area (Å²) in [6.45, 7) is 3.75. The molecule has 0 unspecified atom stereocenters. The number of carbonyl (C=O) groups is 2. The molecular weight excluding hydrogens is 352 g/mol. The molecule has 2 amide bonds. The maximum Gasteiger partial charge on any atom is 0.411 e. The number of benzene rings is 1. The van der Waals surface area contributed by atoms with Crippen LogP contribution < -0.4 is 10.6 Å². The van der Waals surface area contributed by atoms with E-state index in [2.05, 4.69) is 10.6 Å². The molecule has 8 nitrogen and oxygen atoms in total. The van der Waals surface area contributed by atoms with Crippen molar-refractivity contribution in [3.8, 4) is 0 Å². The molecule has 1 aromatic rings. The van der Waals surface area contributed by atoms with Gasteiger partial charge in [-0.15, -0.1) is 0 Å². The standard InChI is InChI=1S/C19H26N2O6/c1-13-6-7-14(20-18(22)26-11-15-4-2-8-24-15)10-17(13)21-19(23)27-12-16-5-3-9-25-16/h6-7,10,15-16H,2-5,8-9,11-12H2,1H3,(H,20,22)(H,21,23)/t15-,16+/m1/s1. The Labute approximate surface area is 158 Å². The molecule has 0 aromatic heterocycles. The van der Waals surface area contributed by atoms with Crippen molar-refractivity contribution in [2.75, 3.05) is 37.1 Å². The fourth-order valence-electron chi connectivity index (χ4n) is 3.02. The Morgan fingerprint density at radius 2 is 1.59 bits per heavy atom. The monoisotopic (exact) mass is 378 g/mol. The topological polar surface area (TPSA) is 95.1 Å². The summed E-state index contributed by atoms with van der Waals surface area (Å²) in [4.78, 5) is 23.9. The molecule has 2 fully saturated rings. The van der Waals surface area contributed by atoms with Crippen LogP contribution >= 0.6 is 0 Å². The average molecular weight is 378 g/mol. The van der Waals surface area contributed by atoms with E-state index in [0.717, 1.165) is 31.2 Å². The van der Waals surface area contributed by atoms with Crippen molar-refractivity contribution in [2.24, 2.45) is 0 Å². The van der Waals surface area contributed by atoms with Crippen LogP contribution in [0.5, 0.6) is 0 Å². The van der Waals surface area contributed by atoms with Crippen molar-refractivity contribution >= 4 is 23.6 Å². The molecule has 0 spiro atoms. The third-order valence-corrected chi connectivity index (χ3v) is 4.57. The number of ether oxygens (including phenoxy) is 4. The lowest BCUT2D eigenvalue weighted by atomic mass is 10.2. The molecule has 2 aliphatic rings. The third kappa shape index (κ3) is 6.11. The number of hydrogen-bond donors (Lipinski definition) is 2. The molecule has 2 saturated heterocycles. The van der Waals surface area contributed by atoms with E-state index >= 15 is 0 Å². The van der Waals surface area contributed by atoms with Gasteiger partial charge in [0.15, 0.2) is 0 Å². The Morgan fingerprint density at radius 3 is 2.15 bits per heavy atom. The van der Waals surface area contributed by atoms with Crippen molar-refractivity contribution in [3.05, 3.63) is 23.8 Å². The van der Waals surface area contributed by atoms with Gasteiger partial charge < -0.3 is 18.9 Å². The lowest BCUT2D eigenvalue weighted by Crippen LogP contribution is -2.22. The maximum atomic E-state index is 12.0. The first-order chi connectivity index (χ1) is 13.1. The molecule has 2 aliphatic heterocycles. The van der Waals surface area contributed by atoms with Crippen LogP contribution in [0.4, 0.5) is 21.0 Å². The number of aryl methyl sites for hydroxylation is 1. The highest BCUT2D eigenvalue weighted by Gasteiger charge is 2.19. The summed E-state index contributed by atoms with van der Waals surface area (Å²) in [5.41, 5.74) is 1.93. The second kappa shape index (κ2) is 9.57. The van der Waals surface area contributed by atoms with E-state index in [1.54, 1.807) is 18.2 Å². The normalized spacial score (nSPS) is 21.7. The Kier molecular flexibility index (Phi) is 6.89. The first kappa shape index (κ1) is 19.4. The van der Waals surface area contributed by atoms with E-state index < -0.39 is 12.2 Å². The van der Waals surface area contributed by atoms with Crippen LogP contribution in [-0.2, 0) is 18.9 Å². The molecule has 0 aliphatic carbocycles. The van der Waals surface area contributed by atoms with Gasteiger partial charge in [0, 0.05) is 24.6 Å². The first-order valence-electron chi connectivity index (χ1n) is 9.31. The number of rotatable bonds is 6. The Bertz CT molecular complexity index is 654. The average Bonchev–Trinajstić information content (AvgIpc) is 3.35. The number of carbonyl (C=O) groups excluding carboxylic acids is 2. The van der Waals surface area contributed by atoms with Crippen molar-refractivity contribution in [1.29, 1.82) is 0 Å². The molecule has 2 heterocycles. The van der Waals surface area contributed by atoms with Crippen molar-refractivity contribution < 1.29 is 28.5 Å². The lowest BCUT2D eigenvalue weighted by molar-refractivity contribution is 0.0484. The molecule has 2 atom stereocenters. The second-order valence-corrected chi connectivity index (χ2v) is 6.75. The predicted molar refractivity (Wildman–Crippen MR) is 99.1 cm³/mol. The minimum Gasteiger partial charge on any atom is -0.447 e. The fourth-order valence-corrected chi connectivity index (χ4v) is 3.02. The summed E-state index contributed by atoms with van der Waals surface area (Å²) in [6.07, 6.45) is 2.64. The summed E-state index contributed by atoms with van der Waals surface area (Å²) < 4.78 is 21.2. The van der Waals surface area contributed by atoms with Gasteiger partial charge in [-0.2, -0.15) is 0 Å². The van der Waals surface area contributed by atoms with Gasteiger partial charge in [0.1, 0.15) is 13.2 Å². The maximum absolute atomic E-state index is 12.0. The van der Waals surface area contributed by atoms with E-state index in [0.29, 0.717) is 24.6 Å². The number of anilines is 2. The zero-order chi connectivity index (χ0) is 19.1. The largest absolute Gasteiger partial charge is 0.447 e. The second-order valence-electron chi connectivity index (χ2n) is 6.75. The first-order valence-corrected chi connectivity index (χ1v) is 9.31. The molecule has 27 heavy (non-hydrogen) atoms. The summed E-state index contributed by atoms with van der Waals surface area (Å²) in [5.74, 6) is 0. The molecule has 8 heteroatoms. The number of hydrogen-bond acceptors (Lipinski definition) is 6. The SMILES string of the molecule is Cc1ccc(NC(=O)OC[C@H]2CCCO2)cc1NC(=O)OC[C@@H]1CCCO1. The highest BCUT2D eigenvalue weighted by atomic mass is 16.6. The van der Waals surface area contributed by atoms with Crippen molar-refractivity contribution in [3.63, 3.8) is 0 Å². The predicted octanol–water partition coefficient (Wildman–Crippen LogP) is 3.45. The molecule has 0 saturated carbocycles. The van der Waals surface area contributed by atoms with Gasteiger partial charge >= 0.3 is 12.2 Å². The summed E-state index contributed by atoms with van der Waals surface area (Å²) in [6, 6.07) is 5.20. The molecule has 148 valence electrons. The summed E-state index contributed by atoms with van der Waals surface area (Å²) >= 11 is 0. The Morgan fingerprint density at radius 1 is 1.00 bits per heavy atom. The van der Waals surface area contributed by atoms with Crippen LogP contribution in [0.15, 0.2) is 18.2 Å². The molecular formula is C19H26N2O6. The van der Waals surface area contributed by atoms with Crippen molar-refractivity contribution in [2.45, 2.75) is 44.8 Å². The molecule has 0 radical (unpaired) electrons.